The van der Waals surface area contributed by atoms with E-state index in [1.807, 2.05) is 49.4 Å². The number of nitrogens with one attached hydrogen (secondary N) is 1. The first-order valence-corrected chi connectivity index (χ1v) is 10.1. The highest BCUT2D eigenvalue weighted by atomic mass is 16.5. The van der Waals surface area contributed by atoms with E-state index in [0.717, 1.165) is 41.3 Å². The number of allylic oxidation sites excluding steroid dienone is 2. The van der Waals surface area contributed by atoms with Crippen LogP contribution < -0.4 is 15.0 Å². The van der Waals surface area contributed by atoms with Crippen molar-refractivity contribution < 1.29 is 14.7 Å². The summed E-state index contributed by atoms with van der Waals surface area (Å²) >= 11 is 0. The van der Waals surface area contributed by atoms with Crippen molar-refractivity contribution >= 4 is 18.4 Å². The molecular weight excluding hydrogens is 392 g/mol. The number of hydrogen-bond acceptors (Lipinski definition) is 5. The van der Waals surface area contributed by atoms with E-state index in [2.05, 4.69) is 39.3 Å². The Hall–Kier alpha value is -3.45. The normalized spacial score (nSPS) is 18.1. The summed E-state index contributed by atoms with van der Waals surface area (Å²) < 4.78 is 10.8. The average Bonchev–Trinajstić information content (AvgIpc) is 2.83. The molecule has 3 rings (SSSR count). The number of nitrogens with zero attached hydrogens (tertiary/aromatic N) is 3. The second-order valence-corrected chi connectivity index (χ2v) is 7.15. The molecule has 0 aliphatic heterocycles. The van der Waals surface area contributed by atoms with Crippen molar-refractivity contribution in [3.8, 4) is 11.5 Å². The summed E-state index contributed by atoms with van der Waals surface area (Å²) in [6.45, 7) is 6.32. The van der Waals surface area contributed by atoms with Crippen LogP contribution in [0.15, 0.2) is 80.8 Å². The number of ether oxygens (including phenoxy) is 2. The monoisotopic (exact) mass is 420 g/mol. The van der Waals surface area contributed by atoms with Gasteiger partial charge in [-0.2, -0.15) is 0 Å². The Bertz CT molecular complexity index is 966. The number of rotatable bonds is 7. The van der Waals surface area contributed by atoms with E-state index in [-0.39, 0.29) is 5.92 Å². The van der Waals surface area contributed by atoms with Crippen molar-refractivity contribution in [2.45, 2.75) is 25.7 Å². The maximum absolute atomic E-state index is 9.60. The Morgan fingerprint density at radius 2 is 1.81 bits per heavy atom. The van der Waals surface area contributed by atoms with Gasteiger partial charge in [-0.25, -0.2) is 15.0 Å². The minimum Gasteiger partial charge on any atom is -0.497 e. The smallest absolute Gasteiger partial charge is 0.244 e. The minimum atomic E-state index is 0.211. The summed E-state index contributed by atoms with van der Waals surface area (Å²) in [6.07, 6.45) is 1.45. The van der Waals surface area contributed by atoms with Crippen molar-refractivity contribution in [1.29, 1.82) is 0 Å². The van der Waals surface area contributed by atoms with Gasteiger partial charge in [-0.15, -0.1) is 0 Å². The molecule has 31 heavy (non-hydrogen) atoms. The molecule has 162 valence electrons. The predicted molar refractivity (Wildman–Crippen MR) is 124 cm³/mol. The number of benzene rings is 2. The summed E-state index contributed by atoms with van der Waals surface area (Å²) in [7, 11) is 1.63. The Labute approximate surface area is 182 Å². The zero-order chi connectivity index (χ0) is 22.1. The van der Waals surface area contributed by atoms with Gasteiger partial charge < -0.3 is 9.47 Å². The molecule has 1 aliphatic carbocycles. The van der Waals surface area contributed by atoms with Gasteiger partial charge in [-0.3, -0.25) is 10.7 Å². The topological polar surface area (TPSA) is 87.8 Å². The number of aliphatic imine (C=N–C) groups is 3. The van der Waals surface area contributed by atoms with E-state index in [1.54, 1.807) is 7.11 Å². The zero-order valence-electron chi connectivity index (χ0n) is 17.9. The molecule has 1 unspecified atom stereocenters. The van der Waals surface area contributed by atoms with Crippen molar-refractivity contribution in [2.24, 2.45) is 15.0 Å². The molecule has 0 saturated heterocycles. The van der Waals surface area contributed by atoms with Gasteiger partial charge in [-0.1, -0.05) is 30.3 Å². The lowest BCUT2D eigenvalue weighted by atomic mass is 9.82. The van der Waals surface area contributed by atoms with Gasteiger partial charge in [0, 0.05) is 11.4 Å². The van der Waals surface area contributed by atoms with Crippen LogP contribution in [0.25, 0.3) is 0 Å². The molecule has 0 heterocycles. The van der Waals surface area contributed by atoms with Crippen LogP contribution in [0.1, 0.15) is 31.2 Å². The molecule has 0 saturated carbocycles. The summed E-state index contributed by atoms with van der Waals surface area (Å²) in [6, 6.07) is 17.6. The molecule has 1 atom stereocenters. The van der Waals surface area contributed by atoms with E-state index in [0.29, 0.717) is 19.1 Å². The molecule has 1 aliphatic rings. The fourth-order valence-corrected chi connectivity index (χ4v) is 3.47. The van der Waals surface area contributed by atoms with Gasteiger partial charge in [0.1, 0.15) is 18.1 Å². The fraction of sp³-hybridized carbons (Fsp3) is 0.292. The number of guanidine groups is 1. The Kier molecular flexibility index (Phi) is 7.95. The highest BCUT2D eigenvalue weighted by molar-refractivity contribution is 6.08. The molecule has 2 aromatic rings. The molecule has 0 bridgehead atoms. The molecule has 0 aromatic heterocycles. The van der Waals surface area contributed by atoms with E-state index in [1.165, 1.54) is 5.56 Å². The van der Waals surface area contributed by atoms with E-state index < -0.39 is 0 Å². The predicted octanol–water partition coefficient (Wildman–Crippen LogP) is 4.40. The molecule has 0 spiro atoms. The minimum absolute atomic E-state index is 0.211. The van der Waals surface area contributed by atoms with Crippen LogP contribution in [-0.2, 0) is 0 Å². The number of hydrogen-bond donors (Lipinski definition) is 2. The molecule has 2 aromatic carbocycles. The van der Waals surface area contributed by atoms with Crippen molar-refractivity contribution in [3.63, 3.8) is 0 Å². The lowest BCUT2D eigenvalue weighted by Crippen LogP contribution is -2.24. The Morgan fingerprint density at radius 3 is 2.45 bits per heavy atom. The summed E-state index contributed by atoms with van der Waals surface area (Å²) in [5.41, 5.74) is 6.03. The van der Waals surface area contributed by atoms with Crippen LogP contribution in [0.3, 0.4) is 0 Å². The second kappa shape index (κ2) is 11.1. The van der Waals surface area contributed by atoms with Crippen LogP contribution in [0, 0.1) is 0 Å². The van der Waals surface area contributed by atoms with Crippen LogP contribution in [0.4, 0.5) is 0 Å². The third-order valence-corrected chi connectivity index (χ3v) is 5.23. The highest BCUT2D eigenvalue weighted by Gasteiger charge is 2.25. The molecule has 0 fully saturated rings. The first kappa shape index (κ1) is 22.2. The van der Waals surface area contributed by atoms with Crippen LogP contribution in [-0.4, -0.2) is 43.9 Å². The Balaban J connectivity index is 1.68. The summed E-state index contributed by atoms with van der Waals surface area (Å²) in [5, 5.41) is 9.60. The molecule has 7 heteroatoms. The quantitative estimate of drug-likeness (QED) is 0.301. The van der Waals surface area contributed by atoms with Crippen LogP contribution in [0.5, 0.6) is 11.5 Å². The lowest BCUT2D eigenvalue weighted by Gasteiger charge is -2.27. The van der Waals surface area contributed by atoms with Crippen molar-refractivity contribution in [1.82, 2.24) is 5.48 Å². The molecule has 0 amide bonds. The number of hydroxylamine groups is 1. The van der Waals surface area contributed by atoms with Gasteiger partial charge in [-0.05, 0) is 67.8 Å². The van der Waals surface area contributed by atoms with Crippen LogP contribution >= 0.6 is 0 Å². The van der Waals surface area contributed by atoms with Crippen molar-refractivity contribution in [3.05, 3.63) is 71.4 Å². The molecule has 0 radical (unpaired) electrons. The molecule has 2 N–H and O–H groups in total. The highest BCUT2D eigenvalue weighted by Crippen LogP contribution is 2.33. The number of methoxy groups -OCH3 is 1. The first-order valence-electron chi connectivity index (χ1n) is 10.1. The average molecular weight is 421 g/mol. The second-order valence-electron chi connectivity index (χ2n) is 7.15. The lowest BCUT2D eigenvalue weighted by molar-refractivity contribution is 0.192. The molecule has 7 nitrogen and oxygen atoms in total. The van der Waals surface area contributed by atoms with Gasteiger partial charge in [0.15, 0.2) is 0 Å². The SMILES string of the molecule is C=NC(=NCCOc1ccc(OC)cc1)N=C1CC(c2ccccc2)CC(NO)=C1C. The summed E-state index contributed by atoms with van der Waals surface area (Å²) in [4.78, 5) is 13.0. The largest absolute Gasteiger partial charge is 0.497 e. The third-order valence-electron chi connectivity index (χ3n) is 5.23. The van der Waals surface area contributed by atoms with Gasteiger partial charge in [0.2, 0.25) is 5.96 Å². The third kappa shape index (κ3) is 6.02. The zero-order valence-corrected chi connectivity index (χ0v) is 17.9. The van der Waals surface area contributed by atoms with Crippen molar-refractivity contribution in [2.75, 3.05) is 20.3 Å². The maximum atomic E-state index is 9.60. The van der Waals surface area contributed by atoms with Gasteiger partial charge in [0.25, 0.3) is 0 Å². The molecular formula is C24H28N4O3. The van der Waals surface area contributed by atoms with Gasteiger partial charge in [0.05, 0.1) is 13.7 Å². The van der Waals surface area contributed by atoms with E-state index >= 15 is 0 Å². The summed E-state index contributed by atoms with van der Waals surface area (Å²) in [5.74, 6) is 2.04. The van der Waals surface area contributed by atoms with E-state index in [4.69, 9.17) is 9.47 Å². The Morgan fingerprint density at radius 1 is 1.10 bits per heavy atom. The maximum Gasteiger partial charge on any atom is 0.244 e. The fourth-order valence-electron chi connectivity index (χ4n) is 3.47. The van der Waals surface area contributed by atoms with E-state index in [9.17, 15) is 5.21 Å². The first-order chi connectivity index (χ1) is 15.1. The van der Waals surface area contributed by atoms with Gasteiger partial charge >= 0.3 is 0 Å². The standard InChI is InChI=1S/C24H28N4O3/c1-17-22(15-19(16-23(17)28-29)18-7-5-4-6-8-18)27-24(25-2)26-13-14-31-21-11-9-20(30-3)10-12-21/h4-12,19,28-29H,2,13-16H2,1,3H3. The van der Waals surface area contributed by atoms with Crippen LogP contribution in [0.2, 0.25) is 0 Å².